The van der Waals surface area contributed by atoms with Crippen molar-refractivity contribution in [1.29, 1.82) is 0 Å². The lowest BCUT2D eigenvalue weighted by atomic mass is 10.0. The molecule has 0 heterocycles. The van der Waals surface area contributed by atoms with Crippen LogP contribution in [0.15, 0.2) is 42.5 Å². The molecule has 39 heavy (non-hydrogen) atoms. The summed E-state index contributed by atoms with van der Waals surface area (Å²) < 4.78 is 85.6. The first-order valence-electron chi connectivity index (χ1n) is 12.6. The number of hydrogen-bond donors (Lipinski definition) is 0. The van der Waals surface area contributed by atoms with E-state index in [2.05, 4.69) is 0 Å². The minimum absolute atomic E-state index is 0.0206. The molecule has 1 unspecified atom stereocenters. The Morgan fingerprint density at radius 2 is 1.59 bits per heavy atom. The summed E-state index contributed by atoms with van der Waals surface area (Å²) in [6.45, 7) is 6.62. The Kier molecular flexibility index (Phi) is 8.87. The Labute approximate surface area is 223 Å². The second kappa shape index (κ2) is 11.4. The molecule has 1 aliphatic rings. The summed E-state index contributed by atoms with van der Waals surface area (Å²) in [7, 11) is 0. The van der Waals surface area contributed by atoms with Gasteiger partial charge in [0, 0.05) is 13.0 Å². The fourth-order valence-corrected chi connectivity index (χ4v) is 4.46. The molecule has 0 radical (unpaired) electrons. The summed E-state index contributed by atoms with van der Waals surface area (Å²) in [4.78, 5) is 26.2. The molecule has 2 aromatic rings. The van der Waals surface area contributed by atoms with Crippen molar-refractivity contribution >= 4 is 18.0 Å². The molecule has 0 bridgehead atoms. The van der Waals surface area contributed by atoms with Crippen molar-refractivity contribution in [3.05, 3.63) is 75.9 Å². The number of alkyl halides is 6. The first-order valence-corrected chi connectivity index (χ1v) is 12.6. The van der Waals surface area contributed by atoms with Crippen LogP contribution < -0.4 is 0 Å². The zero-order valence-corrected chi connectivity index (χ0v) is 22.2. The SMILES string of the molecule is CCC(=O)C=Cc1ccc2c(c1)CCC2N(CCc1cc(C(F)(F)F)cc(C(F)(F)F)c1)C(=O)OC(C)(C)C. The van der Waals surface area contributed by atoms with Crippen LogP contribution in [0.5, 0.6) is 0 Å². The van der Waals surface area contributed by atoms with Crippen LogP contribution in [-0.2, 0) is 34.7 Å². The Bertz CT molecular complexity index is 1210. The molecule has 0 fully saturated rings. The maximum atomic E-state index is 13.3. The van der Waals surface area contributed by atoms with Crippen LogP contribution in [0.2, 0.25) is 0 Å². The van der Waals surface area contributed by atoms with Crippen molar-refractivity contribution in [2.75, 3.05) is 6.54 Å². The van der Waals surface area contributed by atoms with Crippen molar-refractivity contribution in [3.63, 3.8) is 0 Å². The van der Waals surface area contributed by atoms with E-state index in [1.165, 1.54) is 11.0 Å². The van der Waals surface area contributed by atoms with Gasteiger partial charge >= 0.3 is 18.4 Å². The molecule has 4 nitrogen and oxygen atoms in total. The van der Waals surface area contributed by atoms with E-state index in [0.29, 0.717) is 31.4 Å². The van der Waals surface area contributed by atoms with Crippen molar-refractivity contribution in [1.82, 2.24) is 4.90 Å². The van der Waals surface area contributed by atoms with Crippen molar-refractivity contribution < 1.29 is 40.7 Å². The van der Waals surface area contributed by atoms with Gasteiger partial charge in [-0.3, -0.25) is 4.79 Å². The molecule has 0 saturated carbocycles. The lowest BCUT2D eigenvalue weighted by Crippen LogP contribution is -2.40. The molecular weight excluding hydrogens is 524 g/mol. The summed E-state index contributed by atoms with van der Waals surface area (Å²) >= 11 is 0. The van der Waals surface area contributed by atoms with Gasteiger partial charge in [0.25, 0.3) is 0 Å². The fourth-order valence-electron chi connectivity index (χ4n) is 4.46. The van der Waals surface area contributed by atoms with Gasteiger partial charge in [-0.05, 0) is 86.6 Å². The standard InChI is InChI=1S/C29H31F6NO3/c1-5-23(37)9-6-18-7-10-24-20(14-18)8-11-25(24)36(26(38)39-27(2,3)4)13-12-19-15-21(28(30,31)32)17-22(16-19)29(33,34)35/h6-7,9-10,14-17,25H,5,8,11-13H2,1-4H3. The number of amides is 1. The van der Waals surface area contributed by atoms with Crippen LogP contribution in [-0.4, -0.2) is 28.9 Å². The normalized spacial score (nSPS) is 15.9. The van der Waals surface area contributed by atoms with Gasteiger partial charge in [-0.15, -0.1) is 0 Å². The smallest absolute Gasteiger partial charge is 0.416 e. The van der Waals surface area contributed by atoms with Gasteiger partial charge in [0.2, 0.25) is 0 Å². The monoisotopic (exact) mass is 555 g/mol. The lowest BCUT2D eigenvalue weighted by molar-refractivity contribution is -0.143. The summed E-state index contributed by atoms with van der Waals surface area (Å²) in [5.41, 5.74) is -1.28. The number of ether oxygens (including phenoxy) is 1. The highest BCUT2D eigenvalue weighted by Crippen LogP contribution is 2.39. The summed E-state index contributed by atoms with van der Waals surface area (Å²) in [5, 5.41) is 0. The molecule has 0 aliphatic heterocycles. The number of nitrogens with zero attached hydrogens (tertiary/aromatic N) is 1. The molecule has 1 aliphatic carbocycles. The van der Waals surface area contributed by atoms with E-state index in [9.17, 15) is 35.9 Å². The number of carbonyl (C=O) groups excluding carboxylic acids is 2. The van der Waals surface area contributed by atoms with E-state index < -0.39 is 41.2 Å². The van der Waals surface area contributed by atoms with E-state index >= 15 is 0 Å². The van der Waals surface area contributed by atoms with Gasteiger partial charge in [0.15, 0.2) is 5.78 Å². The van der Waals surface area contributed by atoms with E-state index in [0.717, 1.165) is 16.7 Å². The Morgan fingerprint density at radius 1 is 0.974 bits per heavy atom. The number of halogens is 6. The zero-order chi connectivity index (χ0) is 29.2. The van der Waals surface area contributed by atoms with Gasteiger partial charge in [0.05, 0.1) is 17.2 Å². The quantitative estimate of drug-likeness (QED) is 0.256. The molecule has 0 N–H and O–H groups in total. The van der Waals surface area contributed by atoms with Crippen LogP contribution in [0.25, 0.3) is 6.08 Å². The van der Waals surface area contributed by atoms with Gasteiger partial charge in [0.1, 0.15) is 5.60 Å². The molecule has 3 rings (SSSR count). The highest BCUT2D eigenvalue weighted by Gasteiger charge is 2.38. The highest BCUT2D eigenvalue weighted by molar-refractivity contribution is 5.93. The number of carbonyl (C=O) groups is 2. The van der Waals surface area contributed by atoms with E-state index in [4.69, 9.17) is 4.74 Å². The Balaban J connectivity index is 1.93. The molecule has 2 aromatic carbocycles. The minimum atomic E-state index is -4.96. The third kappa shape index (κ3) is 8.10. The molecule has 0 spiro atoms. The summed E-state index contributed by atoms with van der Waals surface area (Å²) in [5.74, 6) is -0.0206. The number of allylic oxidation sites excluding steroid dienone is 1. The van der Waals surface area contributed by atoms with Crippen LogP contribution >= 0.6 is 0 Å². The molecule has 212 valence electrons. The maximum Gasteiger partial charge on any atom is 0.416 e. The first-order chi connectivity index (χ1) is 18.0. The number of aryl methyl sites for hydroxylation is 1. The first kappa shape index (κ1) is 30.2. The number of fused-ring (bicyclic) bond motifs is 1. The van der Waals surface area contributed by atoms with Crippen molar-refractivity contribution in [3.8, 4) is 0 Å². The summed E-state index contributed by atoms with van der Waals surface area (Å²) in [6.07, 6.45) is -6.18. The van der Waals surface area contributed by atoms with Crippen molar-refractivity contribution in [2.24, 2.45) is 0 Å². The number of hydrogen-bond acceptors (Lipinski definition) is 3. The third-order valence-electron chi connectivity index (χ3n) is 6.32. The van der Waals surface area contributed by atoms with Crippen molar-refractivity contribution in [2.45, 2.75) is 77.4 Å². The molecular formula is C29H31F6NO3. The van der Waals surface area contributed by atoms with Gasteiger partial charge in [-0.1, -0.05) is 31.2 Å². The number of rotatable bonds is 7. The fraction of sp³-hybridized carbons (Fsp3) is 0.448. The highest BCUT2D eigenvalue weighted by atomic mass is 19.4. The molecule has 0 aromatic heterocycles. The average Bonchev–Trinajstić information content (AvgIpc) is 3.23. The third-order valence-corrected chi connectivity index (χ3v) is 6.32. The van der Waals surface area contributed by atoms with E-state index in [1.807, 2.05) is 12.1 Å². The minimum Gasteiger partial charge on any atom is -0.444 e. The van der Waals surface area contributed by atoms with Crippen LogP contribution in [0.4, 0.5) is 31.1 Å². The average molecular weight is 556 g/mol. The number of ketones is 1. The maximum absolute atomic E-state index is 13.3. The van der Waals surface area contributed by atoms with Crippen LogP contribution in [0.1, 0.15) is 80.0 Å². The molecule has 1 atom stereocenters. The van der Waals surface area contributed by atoms with Gasteiger partial charge < -0.3 is 9.64 Å². The molecule has 10 heteroatoms. The zero-order valence-electron chi connectivity index (χ0n) is 22.2. The number of benzene rings is 2. The van der Waals surface area contributed by atoms with Gasteiger partial charge in [-0.2, -0.15) is 26.3 Å². The second-order valence-electron chi connectivity index (χ2n) is 10.5. The van der Waals surface area contributed by atoms with Crippen LogP contribution in [0, 0.1) is 0 Å². The Morgan fingerprint density at radius 3 is 2.13 bits per heavy atom. The predicted molar refractivity (Wildman–Crippen MR) is 135 cm³/mol. The predicted octanol–water partition coefficient (Wildman–Crippen LogP) is 8.18. The largest absolute Gasteiger partial charge is 0.444 e. The Hall–Kier alpha value is -3.30. The van der Waals surface area contributed by atoms with E-state index in [-0.39, 0.29) is 30.4 Å². The molecule has 0 saturated heterocycles. The lowest BCUT2D eigenvalue weighted by Gasteiger charge is -2.32. The van der Waals surface area contributed by atoms with Gasteiger partial charge in [-0.25, -0.2) is 4.79 Å². The topological polar surface area (TPSA) is 46.6 Å². The van der Waals surface area contributed by atoms with E-state index in [1.54, 1.807) is 39.8 Å². The molecule has 1 amide bonds. The summed E-state index contributed by atoms with van der Waals surface area (Å²) in [6, 6.07) is 6.51. The second-order valence-corrected chi connectivity index (χ2v) is 10.5. The van der Waals surface area contributed by atoms with Crippen LogP contribution in [0.3, 0.4) is 0 Å².